The average Bonchev–Trinajstić information content (AvgIpc) is 3.63. The number of unbranched alkanes of at least 4 members (excludes halogenated alkanes) is 6. The zero-order valence-corrected chi connectivity index (χ0v) is 26.8. The van der Waals surface area contributed by atoms with Crippen molar-refractivity contribution < 1.29 is 18.7 Å². The highest BCUT2D eigenvalue weighted by molar-refractivity contribution is 6.31. The van der Waals surface area contributed by atoms with E-state index in [0.717, 1.165) is 55.9 Å². The van der Waals surface area contributed by atoms with E-state index in [0.29, 0.717) is 56.7 Å². The number of aromatic nitrogens is 3. The Morgan fingerprint density at radius 3 is 2.28 bits per heavy atom. The van der Waals surface area contributed by atoms with Gasteiger partial charge >= 0.3 is 5.97 Å². The zero-order valence-electron chi connectivity index (χ0n) is 25.3. The number of esters is 1. The molecular weight excluding hydrogens is 628 g/mol. The number of amides is 1. The number of ether oxygens (including phenoxy) is 1. The van der Waals surface area contributed by atoms with Crippen LogP contribution in [0.4, 0.5) is 4.39 Å². The molecule has 0 unspecified atom stereocenters. The van der Waals surface area contributed by atoms with E-state index in [1.807, 2.05) is 34.9 Å². The number of carbonyl (C=O) groups excluding carboxylic acids is 2. The molecule has 0 aliphatic carbocycles. The predicted molar refractivity (Wildman–Crippen MR) is 180 cm³/mol. The minimum Gasteiger partial charge on any atom is -0.461 e. The molecule has 4 N–H and O–H groups in total. The molecule has 8 nitrogen and oxygen atoms in total. The van der Waals surface area contributed by atoms with Gasteiger partial charge in [-0.05, 0) is 66.9 Å². The summed E-state index contributed by atoms with van der Waals surface area (Å²) >= 11 is 12.5. The lowest BCUT2D eigenvalue weighted by molar-refractivity contribution is -0.121. The molecule has 3 aromatic carbocycles. The molecule has 5 rings (SSSR count). The molecular formula is C35H36Cl2FN5O3. The van der Waals surface area contributed by atoms with Gasteiger partial charge in [0.05, 0.1) is 24.3 Å². The van der Waals surface area contributed by atoms with Gasteiger partial charge in [-0.2, -0.15) is 0 Å². The number of H-pyrrole nitrogens is 1. The molecule has 2 aromatic heterocycles. The first kappa shape index (κ1) is 33.2. The van der Waals surface area contributed by atoms with Crippen LogP contribution in [0.1, 0.15) is 67.4 Å². The third-order valence-corrected chi connectivity index (χ3v) is 8.35. The van der Waals surface area contributed by atoms with Gasteiger partial charge in [0.25, 0.3) is 0 Å². The third kappa shape index (κ3) is 8.34. The first-order valence-corrected chi connectivity index (χ1v) is 16.1. The molecule has 0 aliphatic rings. The van der Waals surface area contributed by atoms with Crippen molar-refractivity contribution in [1.82, 2.24) is 20.0 Å². The maximum Gasteiger partial charge on any atom is 0.355 e. The summed E-state index contributed by atoms with van der Waals surface area (Å²) in [6.45, 7) is 0.732. The SMILES string of the molecule is NNC(=O)CCCCCCCCCOC(=O)c1[nH]c2cc(Cl)ccc2c1-c1c(-c2ccc(F)cc2)ncn1Cc1ccc(Cl)cc1. The highest BCUT2D eigenvalue weighted by atomic mass is 35.5. The van der Waals surface area contributed by atoms with E-state index in [9.17, 15) is 14.0 Å². The van der Waals surface area contributed by atoms with E-state index in [1.165, 1.54) is 12.1 Å². The summed E-state index contributed by atoms with van der Waals surface area (Å²) in [5.74, 6) is 4.14. The Hall–Kier alpha value is -4.18. The molecule has 0 saturated heterocycles. The molecule has 2 heterocycles. The molecule has 240 valence electrons. The highest BCUT2D eigenvalue weighted by Gasteiger charge is 2.27. The predicted octanol–water partition coefficient (Wildman–Crippen LogP) is 8.46. The van der Waals surface area contributed by atoms with Crippen LogP contribution in [-0.4, -0.2) is 33.0 Å². The zero-order chi connectivity index (χ0) is 32.5. The molecule has 11 heteroatoms. The topological polar surface area (TPSA) is 115 Å². The number of fused-ring (bicyclic) bond motifs is 1. The Morgan fingerprint density at radius 2 is 1.57 bits per heavy atom. The Balaban J connectivity index is 1.38. The van der Waals surface area contributed by atoms with E-state index in [2.05, 4.69) is 10.4 Å². The number of hydrazine groups is 1. The number of carbonyl (C=O) groups is 2. The smallest absolute Gasteiger partial charge is 0.355 e. The standard InChI is InChI=1S/C35H36Cl2FN5O3/c36-25-13-9-23(10-14-25)21-43-22-40-32(24-11-16-27(38)17-12-24)34(43)31-28-18-15-26(37)20-29(28)41-33(31)35(45)46-19-7-5-3-1-2-4-6-8-30(44)42-39/h9-18,20,22,41H,1-8,19,21,39H2,(H,42,44). The summed E-state index contributed by atoms with van der Waals surface area (Å²) in [7, 11) is 0. The summed E-state index contributed by atoms with van der Waals surface area (Å²) in [5, 5.41) is 1.94. The van der Waals surface area contributed by atoms with Crippen LogP contribution in [-0.2, 0) is 16.1 Å². The summed E-state index contributed by atoms with van der Waals surface area (Å²) < 4.78 is 21.7. The maximum atomic E-state index is 13.9. The number of aromatic amines is 1. The van der Waals surface area contributed by atoms with Gasteiger partial charge in [-0.15, -0.1) is 0 Å². The molecule has 0 aliphatic heterocycles. The van der Waals surface area contributed by atoms with E-state index in [4.69, 9.17) is 38.8 Å². The van der Waals surface area contributed by atoms with Gasteiger partial charge in [0.2, 0.25) is 5.91 Å². The summed E-state index contributed by atoms with van der Waals surface area (Å²) in [4.78, 5) is 32.9. The molecule has 0 atom stereocenters. The number of halogens is 3. The van der Waals surface area contributed by atoms with Crippen LogP contribution < -0.4 is 11.3 Å². The second-order valence-electron chi connectivity index (χ2n) is 11.2. The van der Waals surface area contributed by atoms with Crippen LogP contribution in [0.5, 0.6) is 0 Å². The number of nitrogens with zero attached hydrogens (tertiary/aromatic N) is 2. The van der Waals surface area contributed by atoms with E-state index < -0.39 is 5.97 Å². The quantitative estimate of drug-likeness (QED) is 0.0342. The number of benzene rings is 3. The molecule has 0 bridgehead atoms. The normalized spacial score (nSPS) is 11.2. The number of nitrogens with one attached hydrogen (secondary N) is 2. The van der Waals surface area contributed by atoms with Crippen LogP contribution in [0, 0.1) is 5.82 Å². The molecule has 0 fully saturated rings. The van der Waals surface area contributed by atoms with Crippen molar-refractivity contribution in [2.24, 2.45) is 5.84 Å². The van der Waals surface area contributed by atoms with Crippen molar-refractivity contribution in [2.45, 2.75) is 57.9 Å². The van der Waals surface area contributed by atoms with Crippen LogP contribution in [0.15, 0.2) is 73.1 Å². The lowest BCUT2D eigenvalue weighted by Gasteiger charge is -2.13. The van der Waals surface area contributed by atoms with Crippen molar-refractivity contribution >= 4 is 46.0 Å². The minimum atomic E-state index is -0.482. The molecule has 5 aromatic rings. The van der Waals surface area contributed by atoms with Gasteiger partial charge in [-0.25, -0.2) is 20.0 Å². The molecule has 0 spiro atoms. The van der Waals surface area contributed by atoms with Gasteiger partial charge < -0.3 is 14.3 Å². The Kier molecular flexibility index (Phi) is 11.5. The minimum absolute atomic E-state index is 0.138. The van der Waals surface area contributed by atoms with Crippen LogP contribution in [0.3, 0.4) is 0 Å². The lowest BCUT2D eigenvalue weighted by atomic mass is 10.0. The Labute approximate surface area is 277 Å². The van der Waals surface area contributed by atoms with Crippen molar-refractivity contribution in [2.75, 3.05) is 6.61 Å². The maximum absolute atomic E-state index is 13.9. The molecule has 0 radical (unpaired) electrons. The van der Waals surface area contributed by atoms with Crippen molar-refractivity contribution in [1.29, 1.82) is 0 Å². The summed E-state index contributed by atoms with van der Waals surface area (Å²) in [5.41, 5.74) is 6.73. The summed E-state index contributed by atoms with van der Waals surface area (Å²) in [6, 6.07) is 19.1. The number of imidazole rings is 1. The highest BCUT2D eigenvalue weighted by Crippen LogP contribution is 2.40. The van der Waals surface area contributed by atoms with Crippen LogP contribution in [0.25, 0.3) is 33.4 Å². The second kappa shape index (κ2) is 15.9. The van der Waals surface area contributed by atoms with Gasteiger partial charge in [0.1, 0.15) is 11.5 Å². The first-order valence-electron chi connectivity index (χ1n) is 15.4. The van der Waals surface area contributed by atoms with Gasteiger partial charge in [0.15, 0.2) is 0 Å². The Morgan fingerprint density at radius 1 is 0.891 bits per heavy atom. The largest absolute Gasteiger partial charge is 0.461 e. The molecule has 1 amide bonds. The fourth-order valence-electron chi connectivity index (χ4n) is 5.52. The van der Waals surface area contributed by atoms with Gasteiger partial charge in [0, 0.05) is 45.0 Å². The van der Waals surface area contributed by atoms with Crippen molar-refractivity contribution in [3.63, 3.8) is 0 Å². The number of hydrogen-bond acceptors (Lipinski definition) is 5. The fraction of sp³-hybridized carbons (Fsp3) is 0.286. The van der Waals surface area contributed by atoms with Gasteiger partial charge in [-0.1, -0.05) is 73.5 Å². The average molecular weight is 665 g/mol. The van der Waals surface area contributed by atoms with E-state index in [1.54, 1.807) is 30.6 Å². The van der Waals surface area contributed by atoms with E-state index in [-0.39, 0.29) is 18.3 Å². The van der Waals surface area contributed by atoms with Crippen molar-refractivity contribution in [3.05, 3.63) is 100 Å². The fourth-order valence-corrected chi connectivity index (χ4v) is 5.82. The van der Waals surface area contributed by atoms with Gasteiger partial charge in [-0.3, -0.25) is 10.2 Å². The number of hydrogen-bond donors (Lipinski definition) is 3. The monoisotopic (exact) mass is 663 g/mol. The number of rotatable bonds is 15. The summed E-state index contributed by atoms with van der Waals surface area (Å²) in [6.07, 6.45) is 8.73. The lowest BCUT2D eigenvalue weighted by Crippen LogP contribution is -2.29. The second-order valence-corrected chi connectivity index (χ2v) is 12.1. The Bertz CT molecular complexity index is 1780. The number of nitrogens with two attached hydrogens (primary N) is 1. The molecule has 46 heavy (non-hydrogen) atoms. The first-order chi connectivity index (χ1) is 22.3. The van der Waals surface area contributed by atoms with Crippen LogP contribution >= 0.6 is 23.2 Å². The third-order valence-electron chi connectivity index (χ3n) is 7.87. The molecule has 0 saturated carbocycles. The van der Waals surface area contributed by atoms with Crippen LogP contribution in [0.2, 0.25) is 10.0 Å². The van der Waals surface area contributed by atoms with E-state index >= 15 is 0 Å². The van der Waals surface area contributed by atoms with Crippen molar-refractivity contribution in [3.8, 4) is 22.5 Å².